The molecule has 0 aromatic heterocycles. The van der Waals surface area contributed by atoms with E-state index in [1.807, 2.05) is 38.1 Å². The fourth-order valence-electron chi connectivity index (χ4n) is 3.90. The van der Waals surface area contributed by atoms with Gasteiger partial charge in [0.05, 0.1) is 23.9 Å². The van der Waals surface area contributed by atoms with E-state index < -0.39 is 22.5 Å². The molecule has 0 aliphatic rings. The summed E-state index contributed by atoms with van der Waals surface area (Å²) in [6.45, 7) is 3.51. The molecular weight excluding hydrogens is 562 g/mol. The Bertz CT molecular complexity index is 1640. The van der Waals surface area contributed by atoms with Gasteiger partial charge in [0.15, 0.2) is 0 Å². The first kappa shape index (κ1) is 29.6. The van der Waals surface area contributed by atoms with Gasteiger partial charge in [-0.15, -0.1) is 0 Å². The maximum atomic E-state index is 13.7. The van der Waals surface area contributed by atoms with Crippen LogP contribution < -0.4 is 19.2 Å². The van der Waals surface area contributed by atoms with Crippen LogP contribution in [0.4, 0.5) is 5.69 Å². The summed E-state index contributed by atoms with van der Waals surface area (Å²) in [4.78, 5) is 13.0. The third kappa shape index (κ3) is 7.65. The SMILES string of the molecule is COc1ccc(C)cc1N(CC(=O)N/N=C\c1ccc(OCc2ccccc2Cl)cc1)S(=O)(=O)c1ccc(C)cc1. The number of nitrogens with one attached hydrogen (secondary N) is 1. The number of hydrazone groups is 1. The largest absolute Gasteiger partial charge is 0.495 e. The van der Waals surface area contributed by atoms with Crippen LogP contribution in [0.15, 0.2) is 101 Å². The Morgan fingerprint density at radius 3 is 2.32 bits per heavy atom. The van der Waals surface area contributed by atoms with E-state index in [0.717, 1.165) is 21.0 Å². The number of ether oxygens (including phenoxy) is 2. The van der Waals surface area contributed by atoms with Crippen LogP contribution in [0.1, 0.15) is 22.3 Å². The van der Waals surface area contributed by atoms with E-state index in [1.165, 1.54) is 25.5 Å². The molecule has 0 radical (unpaired) electrons. The minimum atomic E-state index is -4.11. The van der Waals surface area contributed by atoms with Gasteiger partial charge >= 0.3 is 0 Å². The minimum Gasteiger partial charge on any atom is -0.495 e. The predicted molar refractivity (Wildman–Crippen MR) is 161 cm³/mol. The van der Waals surface area contributed by atoms with Crippen LogP contribution in [-0.2, 0) is 21.4 Å². The molecule has 0 saturated carbocycles. The number of amides is 1. The van der Waals surface area contributed by atoms with E-state index in [1.54, 1.807) is 54.6 Å². The van der Waals surface area contributed by atoms with Crippen molar-refractivity contribution in [2.45, 2.75) is 25.3 Å². The van der Waals surface area contributed by atoms with Crippen molar-refractivity contribution in [2.24, 2.45) is 5.10 Å². The van der Waals surface area contributed by atoms with Crippen LogP contribution in [0, 0.1) is 13.8 Å². The number of halogens is 1. The molecule has 1 N–H and O–H groups in total. The molecule has 0 atom stereocenters. The first-order valence-corrected chi connectivity index (χ1v) is 14.5. The van der Waals surface area contributed by atoms with E-state index in [0.29, 0.717) is 28.7 Å². The fraction of sp³-hybridized carbons (Fsp3) is 0.161. The van der Waals surface area contributed by atoms with E-state index >= 15 is 0 Å². The monoisotopic (exact) mass is 591 g/mol. The fourth-order valence-corrected chi connectivity index (χ4v) is 5.52. The van der Waals surface area contributed by atoms with Crippen molar-refractivity contribution >= 4 is 39.4 Å². The molecule has 0 fully saturated rings. The second-order valence-electron chi connectivity index (χ2n) is 9.24. The number of benzene rings is 4. The van der Waals surface area contributed by atoms with Crippen molar-refractivity contribution in [1.82, 2.24) is 5.43 Å². The molecule has 4 aromatic rings. The molecule has 0 bridgehead atoms. The van der Waals surface area contributed by atoms with E-state index in [4.69, 9.17) is 21.1 Å². The first-order valence-electron chi connectivity index (χ1n) is 12.7. The van der Waals surface area contributed by atoms with Crippen LogP contribution in [0.3, 0.4) is 0 Å². The van der Waals surface area contributed by atoms with Crippen molar-refractivity contribution in [1.29, 1.82) is 0 Å². The minimum absolute atomic E-state index is 0.0554. The molecule has 212 valence electrons. The van der Waals surface area contributed by atoms with Gasteiger partial charge in [0, 0.05) is 10.6 Å². The van der Waals surface area contributed by atoms with E-state index in [2.05, 4.69) is 10.5 Å². The normalized spacial score (nSPS) is 11.3. The highest BCUT2D eigenvalue weighted by atomic mass is 35.5. The maximum Gasteiger partial charge on any atom is 0.264 e. The topological polar surface area (TPSA) is 97.3 Å². The van der Waals surface area contributed by atoms with Crippen molar-refractivity contribution in [3.05, 3.63) is 118 Å². The number of anilines is 1. The second kappa shape index (κ2) is 13.3. The second-order valence-corrected chi connectivity index (χ2v) is 11.5. The lowest BCUT2D eigenvalue weighted by molar-refractivity contribution is -0.119. The Morgan fingerprint density at radius 2 is 1.63 bits per heavy atom. The van der Waals surface area contributed by atoms with Gasteiger partial charge in [-0.2, -0.15) is 5.10 Å². The highest BCUT2D eigenvalue weighted by Gasteiger charge is 2.29. The zero-order chi connectivity index (χ0) is 29.4. The number of nitrogens with zero attached hydrogens (tertiary/aromatic N) is 2. The Morgan fingerprint density at radius 1 is 0.951 bits per heavy atom. The third-order valence-electron chi connectivity index (χ3n) is 6.13. The quantitative estimate of drug-likeness (QED) is 0.173. The standard InChI is InChI=1S/C31H30ClN3O5S/c1-22-8-15-27(16-9-22)41(37,38)35(29-18-23(2)10-17-30(29)39-3)20-31(36)34-33-19-24-11-13-26(14-12-24)40-21-25-6-4-5-7-28(25)32/h4-19H,20-21H2,1-3H3,(H,34,36)/b33-19-. The molecule has 41 heavy (non-hydrogen) atoms. The van der Waals surface area contributed by atoms with Gasteiger partial charge in [-0.3, -0.25) is 9.10 Å². The number of hydrogen-bond acceptors (Lipinski definition) is 6. The molecule has 8 nitrogen and oxygen atoms in total. The third-order valence-corrected chi connectivity index (χ3v) is 8.28. The number of sulfonamides is 1. The highest BCUT2D eigenvalue weighted by molar-refractivity contribution is 7.92. The lowest BCUT2D eigenvalue weighted by Crippen LogP contribution is -2.39. The first-order chi connectivity index (χ1) is 19.7. The van der Waals surface area contributed by atoms with Gasteiger partial charge in [0.1, 0.15) is 24.7 Å². The van der Waals surface area contributed by atoms with Crippen LogP contribution in [0.5, 0.6) is 11.5 Å². The molecule has 0 saturated heterocycles. The van der Waals surface area contributed by atoms with Crippen molar-refractivity contribution < 1.29 is 22.7 Å². The zero-order valence-corrected chi connectivity index (χ0v) is 24.4. The lowest BCUT2D eigenvalue weighted by Gasteiger charge is -2.25. The van der Waals surface area contributed by atoms with Gasteiger partial charge in [-0.05, 0) is 79.6 Å². The molecule has 1 amide bonds. The van der Waals surface area contributed by atoms with Crippen LogP contribution in [0.25, 0.3) is 0 Å². The summed E-state index contributed by atoms with van der Waals surface area (Å²) in [7, 11) is -2.66. The number of aryl methyl sites for hydroxylation is 2. The molecule has 0 aliphatic heterocycles. The van der Waals surface area contributed by atoms with Crippen molar-refractivity contribution in [3.8, 4) is 11.5 Å². The average molecular weight is 592 g/mol. The van der Waals surface area contributed by atoms with E-state index in [9.17, 15) is 13.2 Å². The molecule has 0 aliphatic carbocycles. The summed E-state index contributed by atoms with van der Waals surface area (Å²) in [6, 6.07) is 26.1. The molecule has 10 heteroatoms. The molecule has 0 unspecified atom stereocenters. The van der Waals surface area contributed by atoms with Gasteiger partial charge in [-0.25, -0.2) is 13.8 Å². The summed E-state index contributed by atoms with van der Waals surface area (Å²) in [5, 5.41) is 4.65. The smallest absolute Gasteiger partial charge is 0.264 e. The summed E-state index contributed by atoms with van der Waals surface area (Å²) in [6.07, 6.45) is 1.46. The summed E-state index contributed by atoms with van der Waals surface area (Å²) >= 11 is 6.17. The summed E-state index contributed by atoms with van der Waals surface area (Å²) in [5.41, 5.74) is 5.98. The number of hydrogen-bond donors (Lipinski definition) is 1. The molecule has 4 rings (SSSR count). The van der Waals surface area contributed by atoms with Gasteiger partial charge in [0.25, 0.3) is 15.9 Å². The summed E-state index contributed by atoms with van der Waals surface area (Å²) in [5.74, 6) is 0.342. The number of carbonyl (C=O) groups is 1. The molecule has 0 heterocycles. The maximum absolute atomic E-state index is 13.7. The predicted octanol–water partition coefficient (Wildman–Crippen LogP) is 5.89. The summed E-state index contributed by atoms with van der Waals surface area (Å²) < 4.78 is 39.6. The van der Waals surface area contributed by atoms with E-state index in [-0.39, 0.29) is 10.6 Å². The molecular formula is C31H30ClN3O5S. The number of carbonyl (C=O) groups excluding carboxylic acids is 1. The van der Waals surface area contributed by atoms with Gasteiger partial charge in [0.2, 0.25) is 0 Å². The average Bonchev–Trinajstić information content (AvgIpc) is 2.96. The van der Waals surface area contributed by atoms with Crippen LogP contribution >= 0.6 is 11.6 Å². The van der Waals surface area contributed by atoms with Gasteiger partial charge < -0.3 is 9.47 Å². The van der Waals surface area contributed by atoms with Crippen LogP contribution in [-0.4, -0.2) is 34.2 Å². The number of methoxy groups -OCH3 is 1. The van der Waals surface area contributed by atoms with Gasteiger partial charge in [-0.1, -0.05) is 53.6 Å². The molecule has 0 spiro atoms. The zero-order valence-electron chi connectivity index (χ0n) is 22.9. The van der Waals surface area contributed by atoms with Crippen molar-refractivity contribution in [2.75, 3.05) is 18.0 Å². The van der Waals surface area contributed by atoms with Crippen molar-refractivity contribution in [3.63, 3.8) is 0 Å². The Hall–Kier alpha value is -4.34. The number of rotatable bonds is 11. The Balaban J connectivity index is 1.46. The van der Waals surface area contributed by atoms with Crippen LogP contribution in [0.2, 0.25) is 5.02 Å². The lowest BCUT2D eigenvalue weighted by atomic mass is 10.2. The highest BCUT2D eigenvalue weighted by Crippen LogP contribution is 2.33. The molecule has 4 aromatic carbocycles. The Labute approximate surface area is 245 Å². The Kier molecular flexibility index (Phi) is 9.65.